The number of rotatable bonds is 5. The molecule has 1 heterocycles. The van der Waals surface area contributed by atoms with E-state index in [1.165, 1.54) is 12.1 Å². The Labute approximate surface area is 142 Å². The molecule has 0 spiro atoms. The molecule has 0 radical (unpaired) electrons. The van der Waals surface area contributed by atoms with E-state index < -0.39 is 10.1 Å². The topological polar surface area (TPSA) is 87.4 Å². The monoisotopic (exact) mass is 351 g/mol. The van der Waals surface area contributed by atoms with Crippen molar-refractivity contribution >= 4 is 15.9 Å². The Morgan fingerprint density at radius 1 is 1.17 bits per heavy atom. The average Bonchev–Trinajstić information content (AvgIpc) is 2.53. The first-order chi connectivity index (χ1) is 11.3. The molecule has 24 heavy (non-hydrogen) atoms. The van der Waals surface area contributed by atoms with Crippen LogP contribution in [0.3, 0.4) is 0 Å². The summed E-state index contributed by atoms with van der Waals surface area (Å²) in [5.41, 5.74) is 1.65. The lowest BCUT2D eigenvalue weighted by molar-refractivity contribution is -0.700. The van der Waals surface area contributed by atoms with Gasteiger partial charge in [0.2, 0.25) is 11.5 Å². The molecule has 0 N–H and O–H groups in total. The number of hydrogen-bond donors (Lipinski definition) is 0. The second-order valence-electron chi connectivity index (χ2n) is 5.10. The van der Waals surface area contributed by atoms with Crippen molar-refractivity contribution in [2.24, 2.45) is 0 Å². The van der Waals surface area contributed by atoms with Crippen LogP contribution in [-0.4, -0.2) is 32.5 Å². The van der Waals surface area contributed by atoms with Gasteiger partial charge in [0.25, 0.3) is 0 Å². The maximum atomic E-state index is 11.2. The van der Waals surface area contributed by atoms with Crippen molar-refractivity contribution in [3.63, 3.8) is 0 Å². The summed E-state index contributed by atoms with van der Waals surface area (Å²) in [7, 11) is -2.62. The van der Waals surface area contributed by atoms with Crippen LogP contribution in [0.4, 0.5) is 0 Å². The number of hydrogen-bond acceptors (Lipinski definition) is 5. The van der Waals surface area contributed by atoms with Gasteiger partial charge in [0.1, 0.15) is 16.7 Å². The zero-order chi connectivity index (χ0) is 18.2. The van der Waals surface area contributed by atoms with Crippen molar-refractivity contribution in [1.82, 2.24) is 0 Å². The SMILES string of the molecule is COCC[n+]1ccccc1C(C)=O.Cc1ccc(S(=O)(=O)[O-])cc1. The van der Waals surface area contributed by atoms with Crippen LogP contribution >= 0.6 is 0 Å². The van der Waals surface area contributed by atoms with Crippen LogP contribution in [0.1, 0.15) is 23.0 Å². The lowest BCUT2D eigenvalue weighted by Gasteiger charge is -2.05. The van der Waals surface area contributed by atoms with E-state index in [1.54, 1.807) is 26.2 Å². The fraction of sp³-hybridized carbons (Fsp3) is 0.294. The molecule has 0 saturated heterocycles. The van der Waals surface area contributed by atoms with Gasteiger partial charge in [-0.3, -0.25) is 4.79 Å². The molecule has 7 heteroatoms. The van der Waals surface area contributed by atoms with Crippen molar-refractivity contribution in [1.29, 1.82) is 0 Å². The van der Waals surface area contributed by atoms with Gasteiger partial charge >= 0.3 is 0 Å². The summed E-state index contributed by atoms with van der Waals surface area (Å²) in [6.45, 7) is 4.72. The summed E-state index contributed by atoms with van der Waals surface area (Å²) in [5, 5.41) is 0. The fourth-order valence-corrected chi connectivity index (χ4v) is 2.35. The van der Waals surface area contributed by atoms with Gasteiger partial charge in [0.15, 0.2) is 12.7 Å². The number of aryl methyl sites for hydroxylation is 1. The van der Waals surface area contributed by atoms with E-state index >= 15 is 0 Å². The van der Waals surface area contributed by atoms with Gasteiger partial charge < -0.3 is 9.29 Å². The van der Waals surface area contributed by atoms with E-state index in [9.17, 15) is 17.8 Å². The summed E-state index contributed by atoms with van der Waals surface area (Å²) < 4.78 is 38.0. The molecule has 0 aliphatic rings. The molecule has 1 aromatic carbocycles. The fourth-order valence-electron chi connectivity index (χ4n) is 1.89. The largest absolute Gasteiger partial charge is 0.744 e. The minimum atomic E-state index is -4.27. The first-order valence-electron chi connectivity index (χ1n) is 7.26. The number of benzene rings is 1. The van der Waals surface area contributed by atoms with Gasteiger partial charge in [0, 0.05) is 26.2 Å². The molecule has 130 valence electrons. The molecule has 0 aliphatic carbocycles. The molecule has 0 unspecified atom stereocenters. The Morgan fingerprint density at radius 3 is 2.29 bits per heavy atom. The Morgan fingerprint density at radius 2 is 1.79 bits per heavy atom. The second-order valence-corrected chi connectivity index (χ2v) is 6.48. The smallest absolute Gasteiger partial charge is 0.248 e. The van der Waals surface area contributed by atoms with Crippen LogP contribution in [0, 0.1) is 6.92 Å². The van der Waals surface area contributed by atoms with E-state index in [2.05, 4.69) is 0 Å². The first kappa shape index (κ1) is 20.0. The third kappa shape index (κ3) is 6.57. The highest BCUT2D eigenvalue weighted by Gasteiger charge is 2.12. The zero-order valence-electron chi connectivity index (χ0n) is 13.9. The highest BCUT2D eigenvalue weighted by atomic mass is 32.2. The molecule has 0 amide bonds. The van der Waals surface area contributed by atoms with Gasteiger partial charge in [-0.2, -0.15) is 4.57 Å². The predicted molar refractivity (Wildman–Crippen MR) is 87.7 cm³/mol. The lowest BCUT2D eigenvalue weighted by atomic mass is 10.2. The number of ether oxygens (including phenoxy) is 1. The van der Waals surface area contributed by atoms with Crippen LogP contribution in [0.15, 0.2) is 53.6 Å². The number of ketones is 1. The zero-order valence-corrected chi connectivity index (χ0v) is 14.7. The quantitative estimate of drug-likeness (QED) is 0.465. The highest BCUT2D eigenvalue weighted by Crippen LogP contribution is 2.08. The number of aromatic nitrogens is 1. The molecule has 0 aliphatic heterocycles. The maximum Gasteiger partial charge on any atom is 0.248 e. The minimum absolute atomic E-state index is 0.0803. The predicted octanol–water partition coefficient (Wildman–Crippen LogP) is 1.72. The number of methoxy groups -OCH3 is 1. The summed E-state index contributed by atoms with van der Waals surface area (Å²) in [5.74, 6) is 0.0803. The van der Waals surface area contributed by atoms with Gasteiger partial charge in [-0.15, -0.1) is 0 Å². The van der Waals surface area contributed by atoms with Gasteiger partial charge in [-0.25, -0.2) is 8.42 Å². The summed E-state index contributed by atoms with van der Waals surface area (Å²) >= 11 is 0. The molecular weight excluding hydrogens is 330 g/mol. The Bertz CT molecular complexity index is 770. The van der Waals surface area contributed by atoms with Gasteiger partial charge in [0.05, 0.1) is 4.90 Å². The molecular formula is C17H21NO5S. The summed E-state index contributed by atoms with van der Waals surface area (Å²) in [4.78, 5) is 11.0. The maximum absolute atomic E-state index is 11.2. The molecule has 2 rings (SSSR count). The molecule has 0 fully saturated rings. The van der Waals surface area contributed by atoms with Crippen molar-refractivity contribution in [2.75, 3.05) is 13.7 Å². The van der Waals surface area contributed by atoms with Crippen LogP contribution in [-0.2, 0) is 21.4 Å². The molecule has 0 saturated carbocycles. The number of pyridine rings is 1. The molecule has 2 aromatic rings. The lowest BCUT2D eigenvalue weighted by Crippen LogP contribution is -2.41. The normalized spacial score (nSPS) is 10.7. The summed E-state index contributed by atoms with van der Waals surface area (Å²) in [6, 6.07) is 11.4. The number of Topliss-reactive ketones (excluding diaryl/α,β-unsaturated/α-hetero) is 1. The molecule has 0 atom stereocenters. The highest BCUT2D eigenvalue weighted by molar-refractivity contribution is 7.85. The van der Waals surface area contributed by atoms with Crippen LogP contribution < -0.4 is 4.57 Å². The number of carbonyl (C=O) groups is 1. The average molecular weight is 351 g/mol. The minimum Gasteiger partial charge on any atom is -0.744 e. The number of carbonyl (C=O) groups excluding carboxylic acids is 1. The van der Waals surface area contributed by atoms with Crippen molar-refractivity contribution in [3.8, 4) is 0 Å². The van der Waals surface area contributed by atoms with Crippen LogP contribution in [0.25, 0.3) is 0 Å². The van der Waals surface area contributed by atoms with E-state index in [0.29, 0.717) is 13.2 Å². The standard InChI is InChI=1S/C10H14NO2.C7H8O3S/c1-9(12)10-5-3-4-6-11(10)7-8-13-2;1-6-2-4-7(5-3-6)11(8,9)10/h3-6H,7-8H2,1-2H3;2-5H,1H3,(H,8,9,10)/q+1;/p-1. The Hall–Kier alpha value is -2.09. The first-order valence-corrected chi connectivity index (χ1v) is 8.67. The molecule has 0 bridgehead atoms. The van der Waals surface area contributed by atoms with Crippen molar-refractivity contribution < 1.29 is 27.1 Å². The number of nitrogens with zero attached hydrogens (tertiary/aromatic N) is 1. The molecule has 6 nitrogen and oxygen atoms in total. The van der Waals surface area contributed by atoms with Crippen molar-refractivity contribution in [2.45, 2.75) is 25.3 Å². The van der Waals surface area contributed by atoms with Gasteiger partial charge in [-0.1, -0.05) is 17.7 Å². The molecule has 1 aromatic heterocycles. The van der Waals surface area contributed by atoms with E-state index in [0.717, 1.165) is 11.3 Å². The van der Waals surface area contributed by atoms with E-state index in [4.69, 9.17) is 4.74 Å². The van der Waals surface area contributed by atoms with Crippen LogP contribution in [0.2, 0.25) is 0 Å². The van der Waals surface area contributed by atoms with E-state index in [-0.39, 0.29) is 10.7 Å². The van der Waals surface area contributed by atoms with E-state index in [1.807, 2.05) is 35.9 Å². The third-order valence-electron chi connectivity index (χ3n) is 3.15. The van der Waals surface area contributed by atoms with Crippen LogP contribution in [0.5, 0.6) is 0 Å². The Balaban J connectivity index is 0.000000243. The third-order valence-corrected chi connectivity index (χ3v) is 4.00. The van der Waals surface area contributed by atoms with Crippen molar-refractivity contribution in [3.05, 3.63) is 59.9 Å². The summed E-state index contributed by atoms with van der Waals surface area (Å²) in [6.07, 6.45) is 1.88. The second kappa shape index (κ2) is 9.27. The van der Waals surface area contributed by atoms with Gasteiger partial charge in [-0.05, 0) is 25.1 Å². The Kier molecular flexibility index (Phi) is 7.70.